The Bertz CT molecular complexity index is 1100. The van der Waals surface area contributed by atoms with Crippen LogP contribution in [0.5, 0.6) is 11.5 Å². The normalized spacial score (nSPS) is 15.5. The zero-order valence-corrected chi connectivity index (χ0v) is 20.2. The van der Waals surface area contributed by atoms with E-state index in [9.17, 15) is 13.2 Å². The largest absolute Gasteiger partial charge is 0.493 e. The van der Waals surface area contributed by atoms with Crippen LogP contribution in [-0.2, 0) is 14.8 Å². The zero-order valence-electron chi connectivity index (χ0n) is 19.4. The van der Waals surface area contributed by atoms with Crippen molar-refractivity contribution in [2.75, 3.05) is 29.4 Å². The number of fused-ring (bicyclic) bond motifs is 1. The van der Waals surface area contributed by atoms with Gasteiger partial charge in [-0.2, -0.15) is 0 Å². The lowest BCUT2D eigenvalue weighted by Gasteiger charge is -2.28. The predicted octanol–water partition coefficient (Wildman–Crippen LogP) is 4.75. The molecule has 32 heavy (non-hydrogen) atoms. The fourth-order valence-electron chi connectivity index (χ4n) is 3.53. The quantitative estimate of drug-likeness (QED) is 0.615. The van der Waals surface area contributed by atoms with Gasteiger partial charge in [0.05, 0.1) is 28.3 Å². The lowest BCUT2D eigenvalue weighted by atomic mass is 9.93. The average Bonchev–Trinajstić information content (AvgIpc) is 2.83. The van der Waals surface area contributed by atoms with Crippen molar-refractivity contribution in [1.29, 1.82) is 0 Å². The molecular weight excluding hydrogens is 428 g/mol. The van der Waals surface area contributed by atoms with Gasteiger partial charge in [-0.05, 0) is 75.6 Å². The molecular formula is C24H32N2O5S. The predicted molar refractivity (Wildman–Crippen MR) is 126 cm³/mol. The van der Waals surface area contributed by atoms with Gasteiger partial charge in [0.2, 0.25) is 5.91 Å². The van der Waals surface area contributed by atoms with E-state index in [-0.39, 0.29) is 17.4 Å². The van der Waals surface area contributed by atoms with Crippen molar-refractivity contribution >= 4 is 27.3 Å². The summed E-state index contributed by atoms with van der Waals surface area (Å²) in [6.45, 7) is 10.9. The van der Waals surface area contributed by atoms with Gasteiger partial charge < -0.3 is 14.4 Å². The number of aryl methyl sites for hydroxylation is 1. The third-order valence-electron chi connectivity index (χ3n) is 5.28. The van der Waals surface area contributed by atoms with E-state index >= 15 is 0 Å². The van der Waals surface area contributed by atoms with Crippen LogP contribution in [0.25, 0.3) is 0 Å². The van der Waals surface area contributed by atoms with Crippen LogP contribution >= 0.6 is 0 Å². The fourth-order valence-corrected chi connectivity index (χ4v) is 4.67. The number of ether oxygens (including phenoxy) is 2. The Hall–Kier alpha value is -2.74. The topological polar surface area (TPSA) is 84.9 Å². The lowest BCUT2D eigenvalue weighted by molar-refractivity contribution is -0.127. The van der Waals surface area contributed by atoms with Gasteiger partial charge in [-0.15, -0.1) is 0 Å². The second-order valence-electron chi connectivity index (χ2n) is 8.69. The van der Waals surface area contributed by atoms with E-state index in [2.05, 4.69) is 4.72 Å². The fraction of sp³-hybridized carbons (Fsp3) is 0.458. The van der Waals surface area contributed by atoms with E-state index in [0.29, 0.717) is 36.0 Å². The molecule has 0 radical (unpaired) electrons. The Kier molecular flexibility index (Phi) is 7.03. The summed E-state index contributed by atoms with van der Waals surface area (Å²) >= 11 is 0. The minimum Gasteiger partial charge on any atom is -0.493 e. The number of carbonyl (C=O) groups excluding carboxylic acids is 1. The molecule has 0 saturated heterocycles. The van der Waals surface area contributed by atoms with E-state index < -0.39 is 15.4 Å². The molecule has 0 fully saturated rings. The van der Waals surface area contributed by atoms with Crippen LogP contribution in [0.1, 0.15) is 46.1 Å². The number of nitrogens with zero attached hydrogens (tertiary/aromatic N) is 1. The first kappa shape index (κ1) is 23.9. The maximum absolute atomic E-state index is 13.1. The Morgan fingerprint density at radius 1 is 1.12 bits per heavy atom. The summed E-state index contributed by atoms with van der Waals surface area (Å²) in [6.07, 6.45) is 1.64. The summed E-state index contributed by atoms with van der Waals surface area (Å²) in [4.78, 5) is 14.9. The Morgan fingerprint density at radius 2 is 1.88 bits per heavy atom. The van der Waals surface area contributed by atoms with Crippen LogP contribution in [0.15, 0.2) is 41.3 Å². The van der Waals surface area contributed by atoms with E-state index in [1.807, 2.05) is 34.6 Å². The van der Waals surface area contributed by atoms with Crippen molar-refractivity contribution in [3.8, 4) is 11.5 Å². The maximum Gasteiger partial charge on any atom is 0.261 e. The number of hydrogen-bond donors (Lipinski definition) is 1. The van der Waals surface area contributed by atoms with Crippen LogP contribution in [0.3, 0.4) is 0 Å². The number of anilines is 2. The SMILES string of the molecule is CCCOc1ccc(S(=O)(=O)Nc2ccc3c(c2)N(CCC)C(=O)C(C)(C)CO3)cc1C. The molecule has 174 valence electrons. The molecule has 0 aromatic heterocycles. The summed E-state index contributed by atoms with van der Waals surface area (Å²) < 4.78 is 40.2. The highest BCUT2D eigenvalue weighted by atomic mass is 32.2. The van der Waals surface area contributed by atoms with Crippen LogP contribution in [-0.4, -0.2) is 34.1 Å². The molecule has 7 nitrogen and oxygen atoms in total. The molecule has 1 aliphatic heterocycles. The van der Waals surface area contributed by atoms with Crippen LogP contribution in [0.2, 0.25) is 0 Å². The lowest BCUT2D eigenvalue weighted by Crippen LogP contribution is -2.42. The first-order valence-corrected chi connectivity index (χ1v) is 12.4. The van der Waals surface area contributed by atoms with Crippen molar-refractivity contribution < 1.29 is 22.7 Å². The maximum atomic E-state index is 13.1. The summed E-state index contributed by atoms with van der Waals surface area (Å²) in [5, 5.41) is 0. The number of hydrogen-bond acceptors (Lipinski definition) is 5. The molecule has 1 aliphatic rings. The molecule has 0 spiro atoms. The Labute approximate surface area is 190 Å². The molecule has 1 N–H and O–H groups in total. The Morgan fingerprint density at radius 3 is 2.53 bits per heavy atom. The van der Waals surface area contributed by atoms with Gasteiger partial charge >= 0.3 is 0 Å². The monoisotopic (exact) mass is 460 g/mol. The number of nitrogens with one attached hydrogen (secondary N) is 1. The Balaban J connectivity index is 1.91. The number of amides is 1. The highest BCUT2D eigenvalue weighted by Gasteiger charge is 2.37. The van der Waals surface area contributed by atoms with E-state index in [4.69, 9.17) is 9.47 Å². The summed E-state index contributed by atoms with van der Waals surface area (Å²) in [7, 11) is -3.82. The van der Waals surface area contributed by atoms with Gasteiger partial charge in [0, 0.05) is 6.54 Å². The van der Waals surface area contributed by atoms with Crippen LogP contribution < -0.4 is 19.1 Å². The number of rotatable bonds is 8. The van der Waals surface area contributed by atoms with Crippen molar-refractivity contribution in [3.05, 3.63) is 42.0 Å². The summed E-state index contributed by atoms with van der Waals surface area (Å²) in [5.41, 5.74) is 1.01. The first-order valence-electron chi connectivity index (χ1n) is 10.9. The molecule has 2 aromatic rings. The van der Waals surface area contributed by atoms with E-state index in [1.165, 1.54) is 6.07 Å². The van der Waals surface area contributed by atoms with E-state index in [0.717, 1.165) is 18.4 Å². The van der Waals surface area contributed by atoms with Gasteiger partial charge in [0.25, 0.3) is 10.0 Å². The van der Waals surface area contributed by atoms with Gasteiger partial charge in [0.1, 0.15) is 18.1 Å². The minimum atomic E-state index is -3.82. The molecule has 0 aliphatic carbocycles. The van der Waals surface area contributed by atoms with Gasteiger partial charge in [-0.25, -0.2) is 8.42 Å². The third kappa shape index (κ3) is 5.01. The molecule has 1 amide bonds. The first-order chi connectivity index (χ1) is 15.1. The van der Waals surface area contributed by atoms with Crippen molar-refractivity contribution in [1.82, 2.24) is 0 Å². The summed E-state index contributed by atoms with van der Waals surface area (Å²) in [6, 6.07) is 9.81. The molecule has 8 heteroatoms. The van der Waals surface area contributed by atoms with Crippen LogP contribution in [0.4, 0.5) is 11.4 Å². The summed E-state index contributed by atoms with van der Waals surface area (Å²) in [5.74, 6) is 1.19. The van der Waals surface area contributed by atoms with Gasteiger partial charge in [-0.3, -0.25) is 9.52 Å². The molecule has 0 bridgehead atoms. The zero-order chi connectivity index (χ0) is 23.5. The molecule has 3 rings (SSSR count). The number of sulfonamides is 1. The van der Waals surface area contributed by atoms with Crippen molar-refractivity contribution in [2.45, 2.75) is 52.4 Å². The van der Waals surface area contributed by atoms with Gasteiger partial charge in [0.15, 0.2) is 0 Å². The second-order valence-corrected chi connectivity index (χ2v) is 10.4. The van der Waals surface area contributed by atoms with Crippen LogP contribution in [0, 0.1) is 12.3 Å². The molecule has 0 unspecified atom stereocenters. The third-order valence-corrected chi connectivity index (χ3v) is 6.66. The standard InChI is InChI=1S/C24H32N2O5S/c1-6-12-26-20-15-18(8-10-22(20)31-16-24(4,5)23(26)27)25-32(28,29)19-9-11-21(17(3)14-19)30-13-7-2/h8-11,14-15,25H,6-7,12-13,16H2,1-5H3. The molecule has 0 atom stereocenters. The molecule has 0 saturated carbocycles. The second kappa shape index (κ2) is 9.40. The highest BCUT2D eigenvalue weighted by molar-refractivity contribution is 7.92. The van der Waals surface area contributed by atoms with E-state index in [1.54, 1.807) is 35.2 Å². The molecule has 2 aromatic carbocycles. The van der Waals surface area contributed by atoms with Gasteiger partial charge in [-0.1, -0.05) is 13.8 Å². The molecule has 1 heterocycles. The number of carbonyl (C=O) groups is 1. The highest BCUT2D eigenvalue weighted by Crippen LogP contribution is 2.38. The average molecular weight is 461 g/mol. The van der Waals surface area contributed by atoms with Crippen molar-refractivity contribution in [2.24, 2.45) is 5.41 Å². The number of benzene rings is 2. The van der Waals surface area contributed by atoms with Crippen molar-refractivity contribution in [3.63, 3.8) is 0 Å². The smallest absolute Gasteiger partial charge is 0.261 e. The minimum absolute atomic E-state index is 0.0450.